The van der Waals surface area contributed by atoms with Gasteiger partial charge < -0.3 is 10.6 Å². The Balaban J connectivity index is 2.34. The van der Waals surface area contributed by atoms with Crippen LogP contribution in [0.3, 0.4) is 0 Å². The molecule has 0 aromatic rings. The van der Waals surface area contributed by atoms with Crippen LogP contribution in [0.2, 0.25) is 0 Å². The van der Waals surface area contributed by atoms with E-state index in [1.165, 1.54) is 19.3 Å². The highest BCUT2D eigenvalue weighted by atomic mass is 16.1. The summed E-state index contributed by atoms with van der Waals surface area (Å²) in [4.78, 5) is 12.0. The van der Waals surface area contributed by atoms with E-state index in [9.17, 15) is 4.79 Å². The van der Waals surface area contributed by atoms with Crippen LogP contribution in [0.4, 0.5) is 0 Å². The smallest absolute Gasteiger partial charge is 0.223 e. The number of hydrogen-bond acceptors (Lipinski definition) is 2. The highest BCUT2D eigenvalue weighted by molar-refractivity contribution is 5.79. The lowest BCUT2D eigenvalue weighted by molar-refractivity contribution is -0.130. The predicted octanol–water partition coefficient (Wildman–Crippen LogP) is 1.93. The Morgan fingerprint density at radius 1 is 1.31 bits per heavy atom. The van der Waals surface area contributed by atoms with Crippen molar-refractivity contribution in [2.24, 2.45) is 11.3 Å². The van der Waals surface area contributed by atoms with Gasteiger partial charge in [-0.05, 0) is 24.8 Å². The third-order valence-electron chi connectivity index (χ3n) is 3.67. The second kappa shape index (κ2) is 6.24. The number of likely N-dealkylation sites (N-methyl/N-ethyl adjacent to an activating group) is 1. The summed E-state index contributed by atoms with van der Waals surface area (Å²) in [5.41, 5.74) is 0.181. The molecule has 0 bridgehead atoms. The molecule has 0 saturated heterocycles. The lowest BCUT2D eigenvalue weighted by atomic mass is 9.68. The molecule has 1 unspecified atom stereocenters. The van der Waals surface area contributed by atoms with Crippen LogP contribution in [0.25, 0.3) is 0 Å². The van der Waals surface area contributed by atoms with E-state index in [1.54, 1.807) is 0 Å². The van der Waals surface area contributed by atoms with E-state index >= 15 is 0 Å². The van der Waals surface area contributed by atoms with Crippen LogP contribution in [0.5, 0.6) is 0 Å². The maximum absolute atomic E-state index is 12.0. The summed E-state index contributed by atoms with van der Waals surface area (Å²) >= 11 is 0. The van der Waals surface area contributed by atoms with Gasteiger partial charge in [0.05, 0.1) is 0 Å². The molecule has 0 spiro atoms. The van der Waals surface area contributed by atoms with Gasteiger partial charge >= 0.3 is 0 Å². The average molecular weight is 226 g/mol. The zero-order valence-corrected chi connectivity index (χ0v) is 10.9. The molecule has 94 valence electrons. The number of nitrogens with one attached hydrogen (secondary N) is 2. The van der Waals surface area contributed by atoms with Gasteiger partial charge in [-0.1, -0.05) is 33.6 Å². The summed E-state index contributed by atoms with van der Waals surface area (Å²) in [5, 5.41) is 6.25. The molecule has 0 aliphatic heterocycles. The van der Waals surface area contributed by atoms with Crippen LogP contribution >= 0.6 is 0 Å². The maximum atomic E-state index is 12.0. The third-order valence-corrected chi connectivity index (χ3v) is 3.67. The predicted molar refractivity (Wildman–Crippen MR) is 67.3 cm³/mol. The van der Waals surface area contributed by atoms with E-state index in [-0.39, 0.29) is 17.2 Å². The van der Waals surface area contributed by atoms with E-state index < -0.39 is 0 Å². The van der Waals surface area contributed by atoms with Crippen molar-refractivity contribution in [3.8, 4) is 0 Å². The molecular weight excluding hydrogens is 200 g/mol. The van der Waals surface area contributed by atoms with Crippen molar-refractivity contribution >= 4 is 5.91 Å². The normalized spacial score (nSPS) is 24.1. The van der Waals surface area contributed by atoms with E-state index in [1.807, 2.05) is 0 Å². The quantitative estimate of drug-likeness (QED) is 0.703. The van der Waals surface area contributed by atoms with Crippen molar-refractivity contribution in [3.63, 3.8) is 0 Å². The van der Waals surface area contributed by atoms with Gasteiger partial charge in [0.2, 0.25) is 5.91 Å². The van der Waals surface area contributed by atoms with Crippen molar-refractivity contribution in [3.05, 3.63) is 0 Å². The van der Waals surface area contributed by atoms with Gasteiger partial charge in [-0.2, -0.15) is 0 Å². The van der Waals surface area contributed by atoms with Gasteiger partial charge in [-0.15, -0.1) is 0 Å². The van der Waals surface area contributed by atoms with Crippen LogP contribution in [0.15, 0.2) is 0 Å². The summed E-state index contributed by atoms with van der Waals surface area (Å²) in [6.45, 7) is 9.10. The van der Waals surface area contributed by atoms with Crippen LogP contribution < -0.4 is 10.6 Å². The lowest BCUT2D eigenvalue weighted by Gasteiger charge is -2.37. The van der Waals surface area contributed by atoms with Gasteiger partial charge in [0.15, 0.2) is 0 Å². The Bertz CT molecular complexity index is 226. The van der Waals surface area contributed by atoms with E-state index in [4.69, 9.17) is 0 Å². The Morgan fingerprint density at radius 2 is 2.06 bits per heavy atom. The fourth-order valence-electron chi connectivity index (χ4n) is 2.55. The Kier molecular flexibility index (Phi) is 5.26. The molecule has 1 saturated carbocycles. The summed E-state index contributed by atoms with van der Waals surface area (Å²) in [6.07, 6.45) is 4.71. The molecule has 3 nitrogen and oxygen atoms in total. The van der Waals surface area contributed by atoms with Crippen LogP contribution in [0, 0.1) is 11.3 Å². The highest BCUT2D eigenvalue weighted by Gasteiger charge is 2.36. The average Bonchev–Trinajstić information content (AvgIpc) is 2.23. The molecule has 0 aromatic heterocycles. The topological polar surface area (TPSA) is 41.1 Å². The number of carbonyl (C=O) groups is 1. The first kappa shape index (κ1) is 13.5. The van der Waals surface area contributed by atoms with Crippen molar-refractivity contribution in [2.45, 2.75) is 46.5 Å². The molecule has 1 atom stereocenters. The zero-order chi connectivity index (χ0) is 12.0. The van der Waals surface area contributed by atoms with Gasteiger partial charge in [0.25, 0.3) is 0 Å². The zero-order valence-electron chi connectivity index (χ0n) is 10.9. The van der Waals surface area contributed by atoms with Gasteiger partial charge in [-0.3, -0.25) is 4.79 Å². The molecule has 1 fully saturated rings. The summed E-state index contributed by atoms with van der Waals surface area (Å²) in [7, 11) is 0. The Morgan fingerprint density at radius 3 is 2.69 bits per heavy atom. The number of amides is 1. The molecule has 2 N–H and O–H groups in total. The minimum absolute atomic E-state index is 0.181. The number of carbonyl (C=O) groups excluding carboxylic acids is 1. The van der Waals surface area contributed by atoms with E-state index in [2.05, 4.69) is 31.4 Å². The molecular formula is C13H26N2O. The third kappa shape index (κ3) is 3.78. The number of rotatable bonds is 5. The van der Waals surface area contributed by atoms with Crippen molar-refractivity contribution in [1.82, 2.24) is 10.6 Å². The Labute approximate surface area is 99.4 Å². The molecule has 1 aliphatic carbocycles. The highest BCUT2D eigenvalue weighted by Crippen LogP contribution is 2.40. The lowest BCUT2D eigenvalue weighted by Crippen LogP contribution is -2.43. The van der Waals surface area contributed by atoms with Crippen LogP contribution in [0.1, 0.15) is 46.5 Å². The largest absolute Gasteiger partial charge is 0.355 e. The SMILES string of the molecule is CCNCCNC(=O)C1CCCCC1(C)C. The molecule has 0 aromatic carbocycles. The first-order chi connectivity index (χ1) is 7.58. The minimum atomic E-state index is 0.181. The summed E-state index contributed by atoms with van der Waals surface area (Å²) in [6, 6.07) is 0. The first-order valence-electron chi connectivity index (χ1n) is 6.56. The molecule has 16 heavy (non-hydrogen) atoms. The maximum Gasteiger partial charge on any atom is 0.223 e. The van der Waals surface area contributed by atoms with Crippen LogP contribution in [-0.4, -0.2) is 25.5 Å². The second-order valence-corrected chi connectivity index (χ2v) is 5.43. The van der Waals surface area contributed by atoms with Crippen LogP contribution in [-0.2, 0) is 4.79 Å². The molecule has 1 aliphatic rings. The first-order valence-corrected chi connectivity index (χ1v) is 6.56. The van der Waals surface area contributed by atoms with Gasteiger partial charge in [0, 0.05) is 19.0 Å². The summed E-state index contributed by atoms with van der Waals surface area (Å²) in [5.74, 6) is 0.463. The monoisotopic (exact) mass is 226 g/mol. The van der Waals surface area contributed by atoms with E-state index in [0.29, 0.717) is 0 Å². The molecule has 0 heterocycles. The summed E-state index contributed by atoms with van der Waals surface area (Å²) < 4.78 is 0. The van der Waals surface area contributed by atoms with Crippen molar-refractivity contribution in [1.29, 1.82) is 0 Å². The molecule has 1 amide bonds. The molecule has 1 rings (SSSR count). The minimum Gasteiger partial charge on any atom is -0.355 e. The van der Waals surface area contributed by atoms with Gasteiger partial charge in [-0.25, -0.2) is 0 Å². The standard InChI is InChI=1S/C13H26N2O/c1-4-14-9-10-15-12(16)11-7-5-6-8-13(11,2)3/h11,14H,4-10H2,1-3H3,(H,15,16). The second-order valence-electron chi connectivity index (χ2n) is 5.43. The Hall–Kier alpha value is -0.570. The van der Waals surface area contributed by atoms with Crippen molar-refractivity contribution in [2.75, 3.05) is 19.6 Å². The van der Waals surface area contributed by atoms with Crippen molar-refractivity contribution < 1.29 is 4.79 Å². The fraction of sp³-hybridized carbons (Fsp3) is 0.923. The fourth-order valence-corrected chi connectivity index (χ4v) is 2.55. The number of hydrogen-bond donors (Lipinski definition) is 2. The molecule has 3 heteroatoms. The van der Waals surface area contributed by atoms with Gasteiger partial charge in [0.1, 0.15) is 0 Å². The van der Waals surface area contributed by atoms with E-state index in [0.717, 1.165) is 26.1 Å². The molecule has 0 radical (unpaired) electrons.